The Morgan fingerprint density at radius 3 is 2.38 bits per heavy atom. The lowest BCUT2D eigenvalue weighted by Gasteiger charge is -2.35. The van der Waals surface area contributed by atoms with Crippen molar-refractivity contribution in [2.75, 3.05) is 73.4 Å². The molecule has 1 aliphatic heterocycles. The van der Waals surface area contributed by atoms with E-state index in [-0.39, 0.29) is 6.03 Å². The van der Waals surface area contributed by atoms with Crippen molar-refractivity contribution in [2.24, 2.45) is 0 Å². The van der Waals surface area contributed by atoms with E-state index in [9.17, 15) is 4.79 Å². The van der Waals surface area contributed by atoms with Gasteiger partial charge in [-0.15, -0.1) is 0 Å². The molecular weight excluding hydrogens is 466 g/mol. The third kappa shape index (κ3) is 6.75. The second kappa shape index (κ2) is 12.5. The Hall–Kier alpha value is -3.69. The second-order valence-electron chi connectivity index (χ2n) is 9.20. The van der Waals surface area contributed by atoms with E-state index in [1.54, 1.807) is 18.1 Å². The SMILES string of the molecule is CCN1CCN(c2ccc(Nc3cc(N(CCOC)C(=O)Nc4c(C)cccc4C)ncn3)cc2)CC1. The number of urea groups is 1. The molecule has 9 heteroatoms. The lowest BCUT2D eigenvalue weighted by Crippen LogP contribution is -2.46. The van der Waals surface area contributed by atoms with E-state index in [1.165, 1.54) is 12.0 Å². The molecule has 4 rings (SSSR count). The summed E-state index contributed by atoms with van der Waals surface area (Å²) < 4.78 is 5.25. The van der Waals surface area contributed by atoms with Crippen molar-refractivity contribution in [3.63, 3.8) is 0 Å². The van der Waals surface area contributed by atoms with E-state index in [4.69, 9.17) is 4.74 Å². The van der Waals surface area contributed by atoms with Crippen molar-refractivity contribution in [2.45, 2.75) is 20.8 Å². The number of anilines is 5. The van der Waals surface area contributed by atoms with Crippen LogP contribution in [-0.2, 0) is 4.74 Å². The van der Waals surface area contributed by atoms with E-state index in [2.05, 4.69) is 61.6 Å². The van der Waals surface area contributed by atoms with Gasteiger partial charge in [0, 0.05) is 56.4 Å². The highest BCUT2D eigenvalue weighted by Crippen LogP contribution is 2.24. The fourth-order valence-corrected chi connectivity index (χ4v) is 4.48. The van der Waals surface area contributed by atoms with E-state index in [0.717, 1.165) is 55.2 Å². The van der Waals surface area contributed by atoms with Crippen molar-refractivity contribution in [1.82, 2.24) is 14.9 Å². The predicted molar refractivity (Wildman–Crippen MR) is 150 cm³/mol. The van der Waals surface area contributed by atoms with Crippen LogP contribution in [0.2, 0.25) is 0 Å². The number of amides is 2. The molecule has 1 aliphatic rings. The third-order valence-corrected chi connectivity index (χ3v) is 6.73. The van der Waals surface area contributed by atoms with Gasteiger partial charge in [-0.2, -0.15) is 0 Å². The van der Waals surface area contributed by atoms with E-state index in [0.29, 0.717) is 24.8 Å². The van der Waals surface area contributed by atoms with E-state index < -0.39 is 0 Å². The number of carbonyl (C=O) groups is 1. The third-order valence-electron chi connectivity index (χ3n) is 6.73. The van der Waals surface area contributed by atoms with E-state index in [1.807, 2.05) is 32.0 Å². The molecule has 37 heavy (non-hydrogen) atoms. The molecule has 2 amide bonds. The molecule has 0 bridgehead atoms. The van der Waals surface area contributed by atoms with Crippen molar-refractivity contribution in [3.05, 3.63) is 66.0 Å². The number of likely N-dealkylation sites (N-methyl/N-ethyl adjacent to an activating group) is 1. The Labute approximate surface area is 219 Å². The summed E-state index contributed by atoms with van der Waals surface area (Å²) in [6, 6.07) is 15.8. The highest BCUT2D eigenvalue weighted by molar-refractivity contribution is 6.02. The Bertz CT molecular complexity index is 1160. The number of para-hydroxylation sites is 1. The number of piperazine rings is 1. The minimum Gasteiger partial charge on any atom is -0.383 e. The zero-order valence-electron chi connectivity index (χ0n) is 22.2. The molecule has 3 aromatic rings. The summed E-state index contributed by atoms with van der Waals surface area (Å²) in [5.74, 6) is 1.10. The fraction of sp³-hybridized carbons (Fsp3) is 0.393. The average Bonchev–Trinajstić information content (AvgIpc) is 2.92. The van der Waals surface area contributed by atoms with Gasteiger partial charge in [0.25, 0.3) is 0 Å². The smallest absolute Gasteiger partial charge is 0.327 e. The largest absolute Gasteiger partial charge is 0.383 e. The number of aryl methyl sites for hydroxylation is 2. The van der Waals surface area contributed by atoms with Crippen LogP contribution in [-0.4, -0.2) is 73.9 Å². The van der Waals surface area contributed by atoms with Gasteiger partial charge in [0.15, 0.2) is 0 Å². The molecule has 0 aliphatic carbocycles. The summed E-state index contributed by atoms with van der Waals surface area (Å²) in [6.07, 6.45) is 1.46. The number of aromatic nitrogens is 2. The summed E-state index contributed by atoms with van der Waals surface area (Å²) in [5, 5.41) is 6.38. The maximum atomic E-state index is 13.3. The fourth-order valence-electron chi connectivity index (χ4n) is 4.48. The summed E-state index contributed by atoms with van der Waals surface area (Å²) >= 11 is 0. The molecule has 0 spiro atoms. The molecule has 2 aromatic carbocycles. The number of methoxy groups -OCH3 is 1. The monoisotopic (exact) mass is 503 g/mol. The van der Waals surface area contributed by atoms with Crippen LogP contribution < -0.4 is 20.4 Å². The van der Waals surface area contributed by atoms with Gasteiger partial charge in [-0.05, 0) is 55.8 Å². The number of nitrogens with one attached hydrogen (secondary N) is 2. The Morgan fingerprint density at radius 1 is 1.03 bits per heavy atom. The van der Waals surface area contributed by atoms with Crippen LogP contribution in [0.4, 0.5) is 33.5 Å². The van der Waals surface area contributed by atoms with Gasteiger partial charge in [-0.3, -0.25) is 4.90 Å². The van der Waals surface area contributed by atoms with Crippen LogP contribution >= 0.6 is 0 Å². The second-order valence-corrected chi connectivity index (χ2v) is 9.20. The van der Waals surface area contributed by atoms with Gasteiger partial charge in [0.1, 0.15) is 18.0 Å². The molecule has 9 nitrogen and oxygen atoms in total. The molecule has 1 saturated heterocycles. The van der Waals surface area contributed by atoms with Gasteiger partial charge in [0.2, 0.25) is 0 Å². The zero-order chi connectivity index (χ0) is 26.2. The minimum absolute atomic E-state index is 0.272. The van der Waals surface area contributed by atoms with Crippen molar-refractivity contribution < 1.29 is 9.53 Å². The molecule has 0 unspecified atom stereocenters. The van der Waals surface area contributed by atoms with Crippen LogP contribution in [0.5, 0.6) is 0 Å². The molecule has 0 radical (unpaired) electrons. The summed E-state index contributed by atoms with van der Waals surface area (Å²) in [7, 11) is 1.61. The number of carbonyl (C=O) groups excluding carboxylic acids is 1. The first kappa shape index (κ1) is 26.4. The highest BCUT2D eigenvalue weighted by Gasteiger charge is 2.20. The maximum absolute atomic E-state index is 13.3. The van der Waals surface area contributed by atoms with Crippen LogP contribution in [0.15, 0.2) is 54.9 Å². The van der Waals surface area contributed by atoms with Crippen molar-refractivity contribution in [3.8, 4) is 0 Å². The summed E-state index contributed by atoms with van der Waals surface area (Å²) in [6.45, 7) is 12.3. The van der Waals surface area contributed by atoms with Crippen LogP contribution in [0.3, 0.4) is 0 Å². The number of hydrogen-bond acceptors (Lipinski definition) is 7. The molecular formula is C28H37N7O2. The molecule has 2 heterocycles. The number of benzene rings is 2. The van der Waals surface area contributed by atoms with Crippen molar-refractivity contribution >= 4 is 34.7 Å². The van der Waals surface area contributed by atoms with Gasteiger partial charge in [-0.25, -0.2) is 14.8 Å². The number of hydrogen-bond donors (Lipinski definition) is 2. The van der Waals surface area contributed by atoms with Crippen LogP contribution in [0.25, 0.3) is 0 Å². The molecule has 196 valence electrons. The molecule has 0 atom stereocenters. The molecule has 2 N–H and O–H groups in total. The molecule has 1 aromatic heterocycles. The highest BCUT2D eigenvalue weighted by atomic mass is 16.5. The van der Waals surface area contributed by atoms with Gasteiger partial charge >= 0.3 is 6.03 Å². The Morgan fingerprint density at radius 2 is 1.73 bits per heavy atom. The first-order chi connectivity index (χ1) is 18.0. The quantitative estimate of drug-likeness (QED) is 0.439. The summed E-state index contributed by atoms with van der Waals surface area (Å²) in [4.78, 5) is 28.5. The zero-order valence-corrected chi connectivity index (χ0v) is 22.2. The van der Waals surface area contributed by atoms with Gasteiger partial charge in [0.05, 0.1) is 13.2 Å². The topological polar surface area (TPSA) is 85.9 Å². The Balaban J connectivity index is 1.46. The normalized spacial score (nSPS) is 13.9. The maximum Gasteiger partial charge on any atom is 0.327 e. The average molecular weight is 504 g/mol. The standard InChI is InChI=1S/C28H37N7O2/c1-5-33-13-15-34(16-14-33)24-11-9-23(10-12-24)31-25-19-26(30-20-29-25)35(17-18-37-4)28(36)32-27-21(2)7-6-8-22(27)3/h6-12,19-20H,5,13-18H2,1-4H3,(H,32,36)(H,29,30,31). The number of nitrogens with zero attached hydrogens (tertiary/aromatic N) is 5. The van der Waals surface area contributed by atoms with Gasteiger partial charge < -0.3 is 25.2 Å². The first-order valence-electron chi connectivity index (χ1n) is 12.8. The minimum atomic E-state index is -0.272. The number of rotatable bonds is 9. The van der Waals surface area contributed by atoms with E-state index >= 15 is 0 Å². The molecule has 0 saturated carbocycles. The van der Waals surface area contributed by atoms with Crippen LogP contribution in [0.1, 0.15) is 18.1 Å². The summed E-state index contributed by atoms with van der Waals surface area (Å²) in [5.41, 5.74) is 4.95. The number of ether oxygens (including phenoxy) is 1. The van der Waals surface area contributed by atoms with Crippen LogP contribution in [0, 0.1) is 13.8 Å². The lowest BCUT2D eigenvalue weighted by atomic mass is 10.1. The predicted octanol–water partition coefficient (Wildman–Crippen LogP) is 4.66. The Kier molecular flexibility index (Phi) is 8.92. The van der Waals surface area contributed by atoms with Crippen molar-refractivity contribution in [1.29, 1.82) is 0 Å². The molecule has 1 fully saturated rings. The van der Waals surface area contributed by atoms with Gasteiger partial charge in [-0.1, -0.05) is 25.1 Å². The lowest BCUT2D eigenvalue weighted by molar-refractivity contribution is 0.204. The first-order valence-corrected chi connectivity index (χ1v) is 12.8.